The number of carbonyl (C=O) groups is 2. The zero-order chi connectivity index (χ0) is 36.9. The fraction of sp³-hybridized carbons (Fsp3) is 0.870. The van der Waals surface area contributed by atoms with E-state index in [1.54, 1.807) is 0 Å². The third-order valence-corrected chi connectivity index (χ3v) is 10.1. The minimum Gasteiger partial charge on any atom is -0.550 e. The van der Waals surface area contributed by atoms with Crippen molar-refractivity contribution in [1.82, 2.24) is 0 Å². The maximum Gasteiger partial charge on any atom is 2.00 e. The number of hydrogen-bond acceptors (Lipinski definition) is 4. The van der Waals surface area contributed by atoms with Gasteiger partial charge in [0.2, 0.25) is 0 Å². The predicted octanol–water partition coefficient (Wildman–Crippen LogP) is 13.4. The SMILES string of the molecule is C=CCCCCCCCCCCCCCCCCCCCCC(=O)[O-].C=CCCCCCCCCCCCCCCCCCCCCC(=O)[O-].[Cd+2]. The zero-order valence-electron chi connectivity index (χ0n) is 34.2. The van der Waals surface area contributed by atoms with Gasteiger partial charge in [-0.25, -0.2) is 0 Å². The van der Waals surface area contributed by atoms with Gasteiger partial charge in [0.15, 0.2) is 0 Å². The monoisotopic (exact) mass is 817 g/mol. The number of hydrogen-bond donors (Lipinski definition) is 0. The first-order valence-corrected chi connectivity index (χ1v) is 22.2. The molecule has 0 heterocycles. The van der Waals surface area contributed by atoms with E-state index in [-0.39, 0.29) is 40.1 Å². The molecule has 0 aliphatic heterocycles. The molecule has 0 aliphatic rings. The van der Waals surface area contributed by atoms with Gasteiger partial charge in [-0.15, -0.1) is 13.2 Å². The molecule has 0 aromatic rings. The number of carboxylic acid groups (broad SMARTS) is 2. The molecule has 0 N–H and O–H groups in total. The van der Waals surface area contributed by atoms with E-state index < -0.39 is 11.9 Å². The van der Waals surface area contributed by atoms with E-state index in [1.165, 1.54) is 218 Å². The first-order chi connectivity index (χ1) is 24.5. The van der Waals surface area contributed by atoms with Gasteiger partial charge in [0.05, 0.1) is 0 Å². The van der Waals surface area contributed by atoms with Crippen LogP contribution in [-0.2, 0) is 36.9 Å². The molecule has 0 aliphatic carbocycles. The first kappa shape index (κ1) is 54.7. The van der Waals surface area contributed by atoms with Crippen molar-refractivity contribution in [3.05, 3.63) is 25.3 Å². The average Bonchev–Trinajstić information content (AvgIpc) is 3.10. The van der Waals surface area contributed by atoms with Crippen LogP contribution >= 0.6 is 0 Å². The summed E-state index contributed by atoms with van der Waals surface area (Å²) >= 11 is 0. The molecule has 0 aromatic heterocycles. The molecule has 0 fully saturated rings. The summed E-state index contributed by atoms with van der Waals surface area (Å²) in [5.41, 5.74) is 0. The van der Waals surface area contributed by atoms with Crippen LogP contribution in [0.25, 0.3) is 0 Å². The third kappa shape index (κ3) is 58.9. The first-order valence-electron chi connectivity index (χ1n) is 22.2. The number of carboxylic acids is 2. The largest absolute Gasteiger partial charge is 2.00 e. The van der Waals surface area contributed by atoms with Crippen LogP contribution in [0.4, 0.5) is 0 Å². The summed E-state index contributed by atoms with van der Waals surface area (Å²) in [6, 6.07) is 0. The third-order valence-electron chi connectivity index (χ3n) is 10.1. The van der Waals surface area contributed by atoms with Crippen LogP contribution in [0, 0.1) is 0 Å². The van der Waals surface area contributed by atoms with E-state index >= 15 is 0 Å². The maximum absolute atomic E-state index is 10.3. The van der Waals surface area contributed by atoms with E-state index in [1.807, 2.05) is 12.2 Å². The average molecular weight is 816 g/mol. The van der Waals surface area contributed by atoms with Gasteiger partial charge in [-0.1, -0.05) is 218 Å². The van der Waals surface area contributed by atoms with Crippen molar-refractivity contribution in [2.75, 3.05) is 0 Å². The minimum atomic E-state index is -0.903. The summed E-state index contributed by atoms with van der Waals surface area (Å²) < 4.78 is 0. The fourth-order valence-electron chi connectivity index (χ4n) is 6.77. The topological polar surface area (TPSA) is 80.3 Å². The molecule has 0 aromatic carbocycles. The molecule has 5 heteroatoms. The van der Waals surface area contributed by atoms with Crippen LogP contribution in [0.2, 0.25) is 0 Å². The van der Waals surface area contributed by atoms with Crippen LogP contribution in [0.15, 0.2) is 25.3 Å². The molecule has 0 rings (SSSR count). The Morgan fingerprint density at radius 2 is 0.431 bits per heavy atom. The minimum absolute atomic E-state index is 0. The van der Waals surface area contributed by atoms with Crippen molar-refractivity contribution in [3.63, 3.8) is 0 Å². The fourth-order valence-corrected chi connectivity index (χ4v) is 6.77. The molecule has 0 spiro atoms. The zero-order valence-corrected chi connectivity index (χ0v) is 38.2. The van der Waals surface area contributed by atoms with E-state index in [0.29, 0.717) is 0 Å². The molecule has 0 saturated carbocycles. The summed E-state index contributed by atoms with van der Waals surface area (Å²) in [7, 11) is 0. The van der Waals surface area contributed by atoms with Crippen molar-refractivity contribution in [2.45, 2.75) is 257 Å². The molecule has 51 heavy (non-hydrogen) atoms. The Morgan fingerprint density at radius 1 is 0.294 bits per heavy atom. The van der Waals surface area contributed by atoms with Gasteiger partial charge >= 0.3 is 27.3 Å². The van der Waals surface area contributed by atoms with Gasteiger partial charge in [0.1, 0.15) is 0 Å². The van der Waals surface area contributed by atoms with E-state index in [0.717, 1.165) is 25.7 Å². The Balaban J connectivity index is -0.000000886. The number of aliphatic carboxylic acids is 2. The van der Waals surface area contributed by atoms with Crippen LogP contribution in [0.3, 0.4) is 0 Å². The van der Waals surface area contributed by atoms with Crippen molar-refractivity contribution in [3.8, 4) is 0 Å². The summed E-state index contributed by atoms with van der Waals surface area (Å²) in [5.74, 6) is -1.81. The number of carbonyl (C=O) groups excluding carboxylic acids is 2. The molecule has 0 unspecified atom stereocenters. The molecule has 4 nitrogen and oxygen atoms in total. The smallest absolute Gasteiger partial charge is 0.550 e. The van der Waals surface area contributed by atoms with Crippen molar-refractivity contribution < 1.29 is 47.1 Å². The van der Waals surface area contributed by atoms with Gasteiger partial charge in [0.25, 0.3) is 0 Å². The van der Waals surface area contributed by atoms with E-state index in [9.17, 15) is 19.8 Å². The van der Waals surface area contributed by atoms with Gasteiger partial charge < -0.3 is 19.8 Å². The van der Waals surface area contributed by atoms with Crippen LogP contribution in [-0.4, -0.2) is 11.9 Å². The van der Waals surface area contributed by atoms with Gasteiger partial charge in [0, 0.05) is 11.9 Å². The predicted molar refractivity (Wildman–Crippen MR) is 215 cm³/mol. The van der Waals surface area contributed by atoms with Crippen molar-refractivity contribution >= 4 is 11.9 Å². The van der Waals surface area contributed by atoms with Gasteiger partial charge in [-0.2, -0.15) is 0 Å². The van der Waals surface area contributed by atoms with E-state index in [2.05, 4.69) is 13.2 Å². The second-order valence-electron chi connectivity index (χ2n) is 15.1. The standard InChI is InChI=1S/2C23H44O2.Cd/c2*1-2-3-4-5-6-7-8-9-10-11-12-13-14-15-16-17-18-19-20-21-22-23(24)25;/h2*2H,1,3-22H2,(H,24,25);/q;;+2/p-2. The van der Waals surface area contributed by atoms with Crippen molar-refractivity contribution in [2.24, 2.45) is 0 Å². The van der Waals surface area contributed by atoms with Crippen LogP contribution in [0.1, 0.15) is 257 Å². The molecule has 0 amide bonds. The summed E-state index contributed by atoms with van der Waals surface area (Å²) in [4.78, 5) is 20.6. The Bertz CT molecular complexity index is 637. The molecule has 0 saturated heterocycles. The van der Waals surface area contributed by atoms with Gasteiger partial charge in [-0.3, -0.25) is 0 Å². The molecular formula is C46H86CdO4. The molecule has 0 atom stereocenters. The molecule has 0 bridgehead atoms. The number of allylic oxidation sites excluding steroid dienone is 2. The van der Waals surface area contributed by atoms with Crippen molar-refractivity contribution in [1.29, 1.82) is 0 Å². The normalized spacial score (nSPS) is 10.7. The van der Waals surface area contributed by atoms with E-state index in [4.69, 9.17) is 0 Å². The van der Waals surface area contributed by atoms with Crippen LogP contribution < -0.4 is 10.2 Å². The summed E-state index contributed by atoms with van der Waals surface area (Å²) in [6.45, 7) is 7.53. The second kappa shape index (κ2) is 51.4. The Labute approximate surface area is 339 Å². The Hall–Kier alpha value is -0.658. The number of unbranched alkanes of at least 4 members (excludes halogenated alkanes) is 36. The summed E-state index contributed by atoms with van der Waals surface area (Å²) in [5, 5.41) is 20.6. The summed E-state index contributed by atoms with van der Waals surface area (Å²) in [6.07, 6.45) is 54.5. The maximum atomic E-state index is 10.3. The second-order valence-corrected chi connectivity index (χ2v) is 15.1. The van der Waals surface area contributed by atoms with Crippen LogP contribution in [0.5, 0.6) is 0 Å². The van der Waals surface area contributed by atoms with Gasteiger partial charge in [-0.05, 0) is 51.4 Å². The molecule has 296 valence electrons. The molecule has 0 radical (unpaired) electrons. The quantitative estimate of drug-likeness (QED) is 0.0349. The Morgan fingerprint density at radius 3 is 0.569 bits per heavy atom. The molecular weight excluding hydrogens is 729 g/mol. The number of rotatable bonds is 42. The Kier molecular flexibility index (Phi) is 55.2.